The highest BCUT2D eigenvalue weighted by Gasteiger charge is 2.21. The Bertz CT molecular complexity index is 378. The SMILES string of the molecule is CCCNC(CCc1nccn1C)C1CCCCCCC1. The lowest BCUT2D eigenvalue weighted by Crippen LogP contribution is -2.37. The minimum Gasteiger partial charge on any atom is -0.338 e. The zero-order chi connectivity index (χ0) is 14.9. The van der Waals surface area contributed by atoms with E-state index in [1.165, 1.54) is 63.6 Å². The van der Waals surface area contributed by atoms with E-state index in [-0.39, 0.29) is 0 Å². The topological polar surface area (TPSA) is 29.9 Å². The molecule has 0 saturated heterocycles. The number of nitrogens with one attached hydrogen (secondary N) is 1. The van der Waals surface area contributed by atoms with Gasteiger partial charge in [0.05, 0.1) is 0 Å². The molecular weight excluding hydrogens is 258 g/mol. The Morgan fingerprint density at radius 2 is 1.95 bits per heavy atom. The van der Waals surface area contributed by atoms with E-state index < -0.39 is 0 Å². The summed E-state index contributed by atoms with van der Waals surface area (Å²) in [6.45, 7) is 3.42. The lowest BCUT2D eigenvalue weighted by atomic mass is 9.84. The first kappa shape index (κ1) is 16.5. The van der Waals surface area contributed by atoms with Crippen molar-refractivity contribution in [1.82, 2.24) is 14.9 Å². The van der Waals surface area contributed by atoms with E-state index in [4.69, 9.17) is 0 Å². The predicted octanol–water partition coefficient (Wildman–Crippen LogP) is 4.08. The minimum atomic E-state index is 0.680. The Kier molecular flexibility index (Phi) is 7.28. The monoisotopic (exact) mass is 291 g/mol. The Morgan fingerprint density at radius 3 is 2.57 bits per heavy atom. The average molecular weight is 291 g/mol. The smallest absolute Gasteiger partial charge is 0.108 e. The highest BCUT2D eigenvalue weighted by molar-refractivity contribution is 4.93. The molecule has 1 unspecified atom stereocenters. The second-order valence-electron chi connectivity index (χ2n) is 6.66. The van der Waals surface area contributed by atoms with Crippen LogP contribution in [0.3, 0.4) is 0 Å². The van der Waals surface area contributed by atoms with Gasteiger partial charge in [-0.05, 0) is 38.1 Å². The summed E-state index contributed by atoms with van der Waals surface area (Å²) < 4.78 is 2.16. The molecule has 2 rings (SSSR count). The van der Waals surface area contributed by atoms with Crippen molar-refractivity contribution >= 4 is 0 Å². The first-order valence-corrected chi connectivity index (χ1v) is 9.01. The third-order valence-corrected chi connectivity index (χ3v) is 4.98. The summed E-state index contributed by atoms with van der Waals surface area (Å²) in [5.41, 5.74) is 0. The Balaban J connectivity index is 1.90. The van der Waals surface area contributed by atoms with Crippen LogP contribution in [0.5, 0.6) is 0 Å². The van der Waals surface area contributed by atoms with E-state index in [1.54, 1.807) is 0 Å². The van der Waals surface area contributed by atoms with Crippen LogP contribution >= 0.6 is 0 Å². The van der Waals surface area contributed by atoms with Crippen molar-refractivity contribution < 1.29 is 0 Å². The highest BCUT2D eigenvalue weighted by atomic mass is 15.0. The summed E-state index contributed by atoms with van der Waals surface area (Å²) in [4.78, 5) is 4.48. The van der Waals surface area contributed by atoms with Gasteiger partial charge in [-0.3, -0.25) is 0 Å². The van der Waals surface area contributed by atoms with Crippen LogP contribution in [0.15, 0.2) is 12.4 Å². The molecule has 0 amide bonds. The van der Waals surface area contributed by atoms with E-state index in [2.05, 4.69) is 35.0 Å². The lowest BCUT2D eigenvalue weighted by Gasteiger charge is -2.30. The van der Waals surface area contributed by atoms with Gasteiger partial charge in [0, 0.05) is 31.9 Å². The average Bonchev–Trinajstić information content (AvgIpc) is 2.85. The number of aryl methyl sites for hydroxylation is 2. The van der Waals surface area contributed by atoms with Crippen molar-refractivity contribution in [2.75, 3.05) is 6.54 Å². The Morgan fingerprint density at radius 1 is 1.24 bits per heavy atom. The van der Waals surface area contributed by atoms with Crippen molar-refractivity contribution in [2.24, 2.45) is 13.0 Å². The molecule has 1 aliphatic carbocycles. The second kappa shape index (κ2) is 9.24. The zero-order valence-corrected chi connectivity index (χ0v) is 14.0. The molecule has 0 aliphatic heterocycles. The fourth-order valence-electron chi connectivity index (χ4n) is 3.65. The van der Waals surface area contributed by atoms with Crippen LogP contribution in [0.2, 0.25) is 0 Å². The van der Waals surface area contributed by atoms with Gasteiger partial charge < -0.3 is 9.88 Å². The maximum absolute atomic E-state index is 4.48. The van der Waals surface area contributed by atoms with Crippen LogP contribution in [0.1, 0.15) is 70.5 Å². The lowest BCUT2D eigenvalue weighted by molar-refractivity contribution is 0.272. The first-order valence-electron chi connectivity index (χ1n) is 9.01. The fourth-order valence-corrected chi connectivity index (χ4v) is 3.65. The predicted molar refractivity (Wildman–Crippen MR) is 89.4 cm³/mol. The molecule has 3 heteroatoms. The molecule has 1 aromatic rings. The molecule has 0 aromatic carbocycles. The molecule has 1 aliphatic rings. The highest BCUT2D eigenvalue weighted by Crippen LogP contribution is 2.27. The van der Waals surface area contributed by atoms with Gasteiger partial charge in [0.25, 0.3) is 0 Å². The van der Waals surface area contributed by atoms with Crippen LogP contribution in [0.4, 0.5) is 0 Å². The van der Waals surface area contributed by atoms with Gasteiger partial charge >= 0.3 is 0 Å². The zero-order valence-electron chi connectivity index (χ0n) is 14.0. The molecule has 0 radical (unpaired) electrons. The van der Waals surface area contributed by atoms with Crippen LogP contribution in [0.25, 0.3) is 0 Å². The molecular formula is C18H33N3. The third kappa shape index (κ3) is 5.46. The number of rotatable bonds is 7. The maximum atomic E-state index is 4.48. The normalized spacial score (nSPS) is 19.1. The molecule has 0 spiro atoms. The van der Waals surface area contributed by atoms with Gasteiger partial charge in [-0.1, -0.05) is 39.0 Å². The van der Waals surface area contributed by atoms with Crippen LogP contribution in [-0.2, 0) is 13.5 Å². The maximum Gasteiger partial charge on any atom is 0.108 e. The molecule has 1 fully saturated rings. The molecule has 3 nitrogen and oxygen atoms in total. The molecule has 1 saturated carbocycles. The van der Waals surface area contributed by atoms with Gasteiger partial charge in [0.1, 0.15) is 5.82 Å². The van der Waals surface area contributed by atoms with Crippen LogP contribution in [-0.4, -0.2) is 22.1 Å². The number of hydrogen-bond donors (Lipinski definition) is 1. The second-order valence-corrected chi connectivity index (χ2v) is 6.66. The van der Waals surface area contributed by atoms with Crippen molar-refractivity contribution in [3.63, 3.8) is 0 Å². The Labute approximate surface area is 130 Å². The summed E-state index contributed by atoms with van der Waals surface area (Å²) in [5.74, 6) is 2.10. The number of aromatic nitrogens is 2. The van der Waals surface area contributed by atoms with Crippen molar-refractivity contribution in [1.29, 1.82) is 0 Å². The molecule has 21 heavy (non-hydrogen) atoms. The van der Waals surface area contributed by atoms with Gasteiger partial charge in [0.15, 0.2) is 0 Å². The van der Waals surface area contributed by atoms with Crippen molar-refractivity contribution in [3.8, 4) is 0 Å². The molecule has 1 atom stereocenters. The van der Waals surface area contributed by atoms with E-state index in [0.717, 1.165) is 18.9 Å². The first-order chi connectivity index (χ1) is 10.3. The van der Waals surface area contributed by atoms with Crippen LogP contribution in [0, 0.1) is 5.92 Å². The Hall–Kier alpha value is -0.830. The number of imidazole rings is 1. The largest absolute Gasteiger partial charge is 0.338 e. The molecule has 120 valence electrons. The molecule has 0 bridgehead atoms. The summed E-state index contributed by atoms with van der Waals surface area (Å²) in [7, 11) is 2.10. The minimum absolute atomic E-state index is 0.680. The summed E-state index contributed by atoms with van der Waals surface area (Å²) in [6.07, 6.45) is 17.6. The van der Waals surface area contributed by atoms with Crippen molar-refractivity contribution in [2.45, 2.75) is 77.2 Å². The number of hydrogen-bond acceptors (Lipinski definition) is 2. The van der Waals surface area contributed by atoms with E-state index >= 15 is 0 Å². The van der Waals surface area contributed by atoms with Crippen molar-refractivity contribution in [3.05, 3.63) is 18.2 Å². The van der Waals surface area contributed by atoms with Gasteiger partial charge in [-0.25, -0.2) is 4.98 Å². The van der Waals surface area contributed by atoms with E-state index in [9.17, 15) is 0 Å². The quantitative estimate of drug-likeness (QED) is 0.820. The summed E-state index contributed by atoms with van der Waals surface area (Å²) in [5, 5.41) is 3.83. The summed E-state index contributed by atoms with van der Waals surface area (Å²) in [6, 6.07) is 0.680. The van der Waals surface area contributed by atoms with E-state index in [0.29, 0.717) is 6.04 Å². The molecule has 1 aromatic heterocycles. The molecule has 1 N–H and O–H groups in total. The third-order valence-electron chi connectivity index (χ3n) is 4.98. The van der Waals surface area contributed by atoms with E-state index in [1.807, 2.05) is 6.20 Å². The van der Waals surface area contributed by atoms with Gasteiger partial charge in [-0.2, -0.15) is 0 Å². The standard InChI is InChI=1S/C18H33N3/c1-3-13-19-17(11-12-18-20-14-15-21(18)2)16-9-7-5-4-6-8-10-16/h14-17,19H,3-13H2,1-2H3. The van der Waals surface area contributed by atoms with Gasteiger partial charge in [0.2, 0.25) is 0 Å². The fraction of sp³-hybridized carbons (Fsp3) is 0.833. The molecule has 1 heterocycles. The summed E-state index contributed by atoms with van der Waals surface area (Å²) >= 11 is 0. The number of nitrogens with zero attached hydrogens (tertiary/aromatic N) is 2. The van der Waals surface area contributed by atoms with Gasteiger partial charge in [-0.15, -0.1) is 0 Å². The van der Waals surface area contributed by atoms with Crippen LogP contribution < -0.4 is 5.32 Å².